The van der Waals surface area contributed by atoms with E-state index in [0.717, 1.165) is 49.1 Å². The van der Waals surface area contributed by atoms with Crippen molar-refractivity contribution < 1.29 is 14.3 Å². The second-order valence-electron chi connectivity index (χ2n) is 12.1. The van der Waals surface area contributed by atoms with E-state index in [4.69, 9.17) is 15.2 Å². The van der Waals surface area contributed by atoms with Crippen molar-refractivity contribution in [1.82, 2.24) is 9.97 Å². The van der Waals surface area contributed by atoms with Crippen LogP contribution in [0.1, 0.15) is 56.4 Å². The van der Waals surface area contributed by atoms with E-state index in [1.165, 1.54) is 11.1 Å². The van der Waals surface area contributed by atoms with Gasteiger partial charge in [0.25, 0.3) is 0 Å². The average molecular weight is 513 g/mol. The monoisotopic (exact) mass is 512 g/mol. The zero-order valence-electron chi connectivity index (χ0n) is 22.3. The van der Waals surface area contributed by atoms with Crippen molar-refractivity contribution in [3.05, 3.63) is 77.6 Å². The van der Waals surface area contributed by atoms with Gasteiger partial charge in [0, 0.05) is 54.9 Å². The van der Waals surface area contributed by atoms with Crippen LogP contribution in [-0.4, -0.2) is 42.0 Å². The van der Waals surface area contributed by atoms with E-state index in [0.29, 0.717) is 38.4 Å². The molecular weight excluding hydrogens is 476 g/mol. The Balaban J connectivity index is 1.04. The van der Waals surface area contributed by atoms with Crippen LogP contribution in [0.25, 0.3) is 0 Å². The maximum atomic E-state index is 11.4. The number of benzene rings is 2. The van der Waals surface area contributed by atoms with Gasteiger partial charge in [-0.3, -0.25) is 4.79 Å². The molecule has 2 saturated carbocycles. The highest BCUT2D eigenvalue weighted by atomic mass is 16.5. The van der Waals surface area contributed by atoms with Gasteiger partial charge in [0.1, 0.15) is 23.9 Å². The lowest BCUT2D eigenvalue weighted by Crippen LogP contribution is -2.63. The first kappa shape index (κ1) is 24.9. The normalized spacial score (nSPS) is 19.0. The van der Waals surface area contributed by atoms with Gasteiger partial charge in [-0.2, -0.15) is 0 Å². The summed E-state index contributed by atoms with van der Waals surface area (Å²) in [5.74, 6) is 2.79. The quantitative estimate of drug-likeness (QED) is 0.422. The van der Waals surface area contributed by atoms with Crippen LogP contribution in [0.3, 0.4) is 0 Å². The summed E-state index contributed by atoms with van der Waals surface area (Å²) < 4.78 is 12.1. The lowest BCUT2D eigenvalue weighted by Gasteiger charge is -2.54. The van der Waals surface area contributed by atoms with E-state index in [1.807, 2.05) is 18.2 Å². The Morgan fingerprint density at radius 3 is 2.08 bits per heavy atom. The Kier molecular flexibility index (Phi) is 6.14. The highest BCUT2D eigenvalue weighted by molar-refractivity contribution is 5.87. The molecule has 6 rings (SSSR count). The van der Waals surface area contributed by atoms with Gasteiger partial charge in [-0.15, -0.1) is 0 Å². The van der Waals surface area contributed by atoms with Crippen molar-refractivity contribution in [2.24, 2.45) is 16.6 Å². The first-order valence-electron chi connectivity index (χ1n) is 13.5. The van der Waals surface area contributed by atoms with E-state index in [2.05, 4.69) is 65.1 Å². The van der Waals surface area contributed by atoms with Gasteiger partial charge < -0.3 is 20.1 Å². The number of carbonyl (C=O) groups is 1. The van der Waals surface area contributed by atoms with Gasteiger partial charge in [-0.1, -0.05) is 38.1 Å². The number of ether oxygens (including phenoxy) is 2. The average Bonchev–Trinajstić information content (AvgIpc) is 3.69. The molecule has 1 aromatic heterocycles. The van der Waals surface area contributed by atoms with E-state index >= 15 is 0 Å². The first-order valence-corrected chi connectivity index (χ1v) is 13.5. The Morgan fingerprint density at radius 1 is 0.921 bits per heavy atom. The Morgan fingerprint density at radius 2 is 1.53 bits per heavy atom. The molecule has 1 aliphatic heterocycles. The van der Waals surface area contributed by atoms with Crippen LogP contribution < -0.4 is 20.1 Å². The molecule has 2 aliphatic carbocycles. The smallest absolute Gasteiger partial charge is 0.225 e. The van der Waals surface area contributed by atoms with Gasteiger partial charge in [-0.25, -0.2) is 9.97 Å². The Hall–Kier alpha value is -3.45. The molecular formula is C31H36N4O3. The molecule has 3 aromatic rings. The van der Waals surface area contributed by atoms with Crippen LogP contribution in [0.2, 0.25) is 0 Å². The minimum Gasteiger partial charge on any atom is -0.493 e. The summed E-state index contributed by atoms with van der Waals surface area (Å²) in [6.07, 6.45) is 5.51. The predicted octanol–water partition coefficient (Wildman–Crippen LogP) is 4.67. The van der Waals surface area contributed by atoms with Crippen LogP contribution in [-0.2, 0) is 16.8 Å². The second kappa shape index (κ2) is 9.38. The molecule has 2 N–H and O–H groups in total. The van der Waals surface area contributed by atoms with Crippen molar-refractivity contribution in [2.45, 2.75) is 51.6 Å². The Bertz CT molecular complexity index is 1300. The number of ketones is 1. The highest BCUT2D eigenvalue weighted by Gasteiger charge is 2.52. The number of aromatic nitrogens is 2. The summed E-state index contributed by atoms with van der Waals surface area (Å²) in [4.78, 5) is 22.6. The lowest BCUT2D eigenvalue weighted by atomic mass is 9.63. The highest BCUT2D eigenvalue weighted by Crippen LogP contribution is 2.47. The fourth-order valence-electron chi connectivity index (χ4n) is 5.61. The van der Waals surface area contributed by atoms with Gasteiger partial charge in [0.15, 0.2) is 0 Å². The number of nitrogens with zero attached hydrogens (tertiary/aromatic N) is 3. The number of rotatable bonds is 10. The van der Waals surface area contributed by atoms with E-state index in [1.54, 1.807) is 6.20 Å². The topological polar surface area (TPSA) is 90.6 Å². The molecule has 7 nitrogen and oxygen atoms in total. The van der Waals surface area contributed by atoms with Crippen LogP contribution in [0, 0.1) is 10.8 Å². The maximum absolute atomic E-state index is 11.4. The minimum absolute atomic E-state index is 0.160. The van der Waals surface area contributed by atoms with Crippen molar-refractivity contribution in [2.75, 3.05) is 31.1 Å². The molecule has 0 radical (unpaired) electrons. The SMILES string of the molecule is CC(C)(c1ccc(OCc2ccnc(N3CC4(CC(=O)C4)C3)n2)cc1)c1ccc(OCC2(CN)CC2)cc1. The zero-order valence-corrected chi connectivity index (χ0v) is 22.3. The maximum Gasteiger partial charge on any atom is 0.225 e. The second-order valence-corrected chi connectivity index (χ2v) is 12.1. The first-order chi connectivity index (χ1) is 18.3. The Labute approximate surface area is 224 Å². The molecule has 3 fully saturated rings. The molecule has 0 amide bonds. The zero-order chi connectivity index (χ0) is 26.4. The third-order valence-electron chi connectivity index (χ3n) is 8.65. The number of anilines is 1. The van der Waals surface area contributed by atoms with Crippen molar-refractivity contribution >= 4 is 11.7 Å². The molecule has 1 saturated heterocycles. The van der Waals surface area contributed by atoms with Crippen molar-refractivity contribution in [3.8, 4) is 11.5 Å². The van der Waals surface area contributed by atoms with E-state index < -0.39 is 0 Å². The molecule has 7 heteroatoms. The minimum atomic E-state index is -0.160. The summed E-state index contributed by atoms with van der Waals surface area (Å²) in [7, 11) is 0. The summed E-state index contributed by atoms with van der Waals surface area (Å²) >= 11 is 0. The molecule has 2 heterocycles. The molecule has 2 aromatic carbocycles. The molecule has 0 bridgehead atoms. The predicted molar refractivity (Wildman–Crippen MR) is 146 cm³/mol. The largest absolute Gasteiger partial charge is 0.493 e. The summed E-state index contributed by atoms with van der Waals surface area (Å²) in [6.45, 7) is 7.97. The van der Waals surface area contributed by atoms with Gasteiger partial charge in [0.05, 0.1) is 12.3 Å². The van der Waals surface area contributed by atoms with Crippen molar-refractivity contribution in [1.29, 1.82) is 0 Å². The van der Waals surface area contributed by atoms with Crippen LogP contribution >= 0.6 is 0 Å². The molecule has 198 valence electrons. The standard InChI is InChI=1S/C31H36N4O3/c1-29(2,23-5-9-27(10-6-23)38-21-30(18-32)12-13-30)22-3-7-26(8-4-22)37-17-24-11-14-33-28(34-24)35-19-31(20-35)15-25(36)16-31/h3-11,14H,12-13,15-21,32H2,1-2H3. The number of Topliss-reactive ketones (excluding diaryl/α,β-unsaturated/α-hetero) is 1. The molecule has 0 atom stereocenters. The molecule has 3 aliphatic rings. The van der Waals surface area contributed by atoms with Gasteiger partial charge in [0.2, 0.25) is 5.95 Å². The van der Waals surface area contributed by atoms with Gasteiger partial charge >= 0.3 is 0 Å². The van der Waals surface area contributed by atoms with Crippen LogP contribution in [0.15, 0.2) is 60.8 Å². The van der Waals surface area contributed by atoms with Crippen LogP contribution in [0.5, 0.6) is 11.5 Å². The summed E-state index contributed by atoms with van der Waals surface area (Å²) in [6, 6.07) is 18.6. The number of hydrogen-bond acceptors (Lipinski definition) is 7. The molecule has 0 unspecified atom stereocenters. The fourth-order valence-corrected chi connectivity index (χ4v) is 5.61. The number of hydrogen-bond donors (Lipinski definition) is 1. The van der Waals surface area contributed by atoms with E-state index in [9.17, 15) is 4.79 Å². The van der Waals surface area contributed by atoms with E-state index in [-0.39, 0.29) is 16.2 Å². The van der Waals surface area contributed by atoms with Crippen LogP contribution in [0.4, 0.5) is 5.95 Å². The van der Waals surface area contributed by atoms with Gasteiger partial charge in [-0.05, 0) is 54.3 Å². The lowest BCUT2D eigenvalue weighted by molar-refractivity contribution is -0.134. The fraction of sp³-hybridized carbons (Fsp3) is 0.452. The number of nitrogens with two attached hydrogens (primary N) is 1. The summed E-state index contributed by atoms with van der Waals surface area (Å²) in [5, 5.41) is 0. The third-order valence-corrected chi connectivity index (χ3v) is 8.65. The third kappa shape index (κ3) is 4.87. The summed E-state index contributed by atoms with van der Waals surface area (Å²) in [5.41, 5.74) is 9.38. The molecule has 1 spiro atoms. The molecule has 38 heavy (non-hydrogen) atoms. The number of carbonyl (C=O) groups excluding carboxylic acids is 1. The van der Waals surface area contributed by atoms with Crippen molar-refractivity contribution in [3.63, 3.8) is 0 Å².